The molecule has 1 rings (SSSR count). The summed E-state index contributed by atoms with van der Waals surface area (Å²) < 4.78 is 0. The van der Waals surface area contributed by atoms with Crippen molar-refractivity contribution < 1.29 is 63.0 Å². The molecule has 0 aromatic heterocycles. The average molecular weight is 338 g/mol. The third-order valence-corrected chi connectivity index (χ3v) is 3.19. The van der Waals surface area contributed by atoms with Crippen molar-refractivity contribution in [2.45, 2.75) is 72.6 Å². The summed E-state index contributed by atoms with van der Waals surface area (Å²) in [4.78, 5) is 10.4. The van der Waals surface area contributed by atoms with Crippen molar-refractivity contribution in [3.8, 4) is 0 Å². The molecule has 1 saturated carbocycles. The van der Waals surface area contributed by atoms with E-state index in [0.29, 0.717) is 5.41 Å². The molecule has 0 aliphatic heterocycles. The fourth-order valence-electron chi connectivity index (χ4n) is 2.10. The van der Waals surface area contributed by atoms with E-state index in [4.69, 9.17) is 0 Å². The van der Waals surface area contributed by atoms with E-state index in [0.717, 1.165) is 18.5 Å². The third kappa shape index (κ3) is 15.2. The minimum Gasteiger partial charge on any atom is -0.331 e. The van der Waals surface area contributed by atoms with Gasteiger partial charge in [-0.3, -0.25) is 4.79 Å². The van der Waals surface area contributed by atoms with E-state index in [1.807, 2.05) is 6.92 Å². The topological polar surface area (TPSA) is 29.1 Å². The number of hydrogen-bond donors (Lipinski definition) is 1. The first-order valence-electron chi connectivity index (χ1n) is 7.14. The fraction of sp³-hybridized carbons (Fsp3) is 0.750. The van der Waals surface area contributed by atoms with Gasteiger partial charge in [0.1, 0.15) is 0 Å². The molecule has 1 aliphatic carbocycles. The molecule has 2 nitrogen and oxygen atoms in total. The van der Waals surface area contributed by atoms with Crippen LogP contribution >= 0.6 is 0 Å². The Morgan fingerprint density at radius 3 is 2.47 bits per heavy atom. The minimum atomic E-state index is -0.0338. The Hall–Kier alpha value is 1.02. The van der Waals surface area contributed by atoms with E-state index in [-0.39, 0.29) is 64.1 Å². The molecule has 1 aliphatic rings. The maximum absolute atomic E-state index is 10.4. The SMILES string of the molecule is C=C(CCC)NC(C)=O.CC1(C)CC[CH-]CCC1.[Rb+]. The van der Waals surface area contributed by atoms with Crippen LogP contribution < -0.4 is 63.5 Å². The predicted molar refractivity (Wildman–Crippen MR) is 79.0 cm³/mol. The Kier molecular flexibility index (Phi) is 14.9. The normalized spacial score (nSPS) is 17.1. The van der Waals surface area contributed by atoms with Crippen molar-refractivity contribution in [3.05, 3.63) is 18.7 Å². The summed E-state index contributed by atoms with van der Waals surface area (Å²) in [6.45, 7) is 12.0. The van der Waals surface area contributed by atoms with Gasteiger partial charge in [0.2, 0.25) is 5.91 Å². The third-order valence-electron chi connectivity index (χ3n) is 3.19. The number of carbonyl (C=O) groups is 1. The molecular formula is C16H30NORb. The predicted octanol–water partition coefficient (Wildman–Crippen LogP) is 1.62. The summed E-state index contributed by atoms with van der Waals surface area (Å²) >= 11 is 0. The van der Waals surface area contributed by atoms with Crippen molar-refractivity contribution >= 4 is 5.91 Å². The molecule has 3 heteroatoms. The van der Waals surface area contributed by atoms with Crippen LogP contribution in [0, 0.1) is 11.8 Å². The molecule has 0 aromatic carbocycles. The van der Waals surface area contributed by atoms with Crippen LogP contribution in [0.4, 0.5) is 0 Å². The average Bonchev–Trinajstić information content (AvgIpc) is 2.42. The first kappa shape index (κ1) is 22.3. The zero-order valence-electron chi connectivity index (χ0n) is 13.6. The van der Waals surface area contributed by atoms with Crippen molar-refractivity contribution in [2.24, 2.45) is 5.41 Å². The van der Waals surface area contributed by atoms with Crippen LogP contribution in [-0.2, 0) is 4.79 Å². The van der Waals surface area contributed by atoms with Gasteiger partial charge in [0.15, 0.2) is 0 Å². The van der Waals surface area contributed by atoms with Crippen LogP contribution in [0.1, 0.15) is 72.6 Å². The molecule has 1 N–H and O–H groups in total. The standard InChI is InChI=1S/C9H17.C7H13NO.Rb/c1-9(2)7-5-3-4-6-8-9;1-4-5-6(2)8-7(3)9;/h3H,4-8H2,1-2H3;2,4-5H2,1,3H3,(H,8,9);/q-1;;+1. The zero-order valence-corrected chi connectivity index (χ0v) is 18.6. The molecule has 0 unspecified atom stereocenters. The monoisotopic (exact) mass is 337 g/mol. The van der Waals surface area contributed by atoms with Gasteiger partial charge in [-0.1, -0.05) is 53.0 Å². The van der Waals surface area contributed by atoms with Gasteiger partial charge in [0, 0.05) is 12.6 Å². The number of allylic oxidation sites excluding steroid dienone is 1. The van der Waals surface area contributed by atoms with Crippen LogP contribution in [0.5, 0.6) is 0 Å². The van der Waals surface area contributed by atoms with Crippen molar-refractivity contribution in [2.75, 3.05) is 0 Å². The molecule has 1 amide bonds. The van der Waals surface area contributed by atoms with Crippen molar-refractivity contribution in [1.82, 2.24) is 5.32 Å². The largest absolute Gasteiger partial charge is 1.00 e. The molecule has 0 aromatic rings. The Balaban J connectivity index is 0. The van der Waals surface area contributed by atoms with Gasteiger partial charge in [-0.15, -0.1) is 0 Å². The van der Waals surface area contributed by atoms with Gasteiger partial charge in [0.25, 0.3) is 0 Å². The molecule has 106 valence electrons. The summed E-state index contributed by atoms with van der Waals surface area (Å²) in [7, 11) is 0. The number of rotatable bonds is 3. The van der Waals surface area contributed by atoms with Gasteiger partial charge in [-0.05, 0) is 11.8 Å². The summed E-state index contributed by atoms with van der Waals surface area (Å²) in [5, 5.41) is 2.61. The molecular weight excluding hydrogens is 308 g/mol. The summed E-state index contributed by atoms with van der Waals surface area (Å²) in [5.41, 5.74) is 1.44. The van der Waals surface area contributed by atoms with E-state index in [1.165, 1.54) is 39.0 Å². The molecule has 0 heterocycles. The van der Waals surface area contributed by atoms with E-state index >= 15 is 0 Å². The van der Waals surface area contributed by atoms with E-state index in [2.05, 4.69) is 32.2 Å². The molecule has 0 radical (unpaired) electrons. The Bertz CT molecular complexity index is 251. The van der Waals surface area contributed by atoms with E-state index < -0.39 is 0 Å². The first-order chi connectivity index (χ1) is 8.37. The second-order valence-corrected chi connectivity index (χ2v) is 5.92. The second kappa shape index (κ2) is 12.7. The van der Waals surface area contributed by atoms with Crippen LogP contribution in [0.3, 0.4) is 0 Å². The fourth-order valence-corrected chi connectivity index (χ4v) is 2.10. The molecule has 0 saturated heterocycles. The van der Waals surface area contributed by atoms with E-state index in [9.17, 15) is 4.79 Å². The van der Waals surface area contributed by atoms with Gasteiger partial charge >= 0.3 is 58.2 Å². The van der Waals surface area contributed by atoms with Crippen LogP contribution in [0.25, 0.3) is 0 Å². The maximum Gasteiger partial charge on any atom is 1.00 e. The van der Waals surface area contributed by atoms with Gasteiger partial charge in [-0.2, -0.15) is 12.8 Å². The number of carbonyl (C=O) groups excluding carboxylic acids is 1. The van der Waals surface area contributed by atoms with Crippen LogP contribution in [0.15, 0.2) is 12.3 Å². The Morgan fingerprint density at radius 2 is 1.95 bits per heavy atom. The molecule has 19 heavy (non-hydrogen) atoms. The number of hydrogen-bond acceptors (Lipinski definition) is 1. The molecule has 1 fully saturated rings. The maximum atomic E-state index is 10.4. The van der Waals surface area contributed by atoms with Crippen molar-refractivity contribution in [3.63, 3.8) is 0 Å². The second-order valence-electron chi connectivity index (χ2n) is 5.92. The van der Waals surface area contributed by atoms with Crippen LogP contribution in [-0.4, -0.2) is 5.91 Å². The van der Waals surface area contributed by atoms with E-state index in [1.54, 1.807) is 0 Å². The quantitative estimate of drug-likeness (QED) is 0.615. The molecule has 0 atom stereocenters. The first-order valence-corrected chi connectivity index (χ1v) is 7.14. The molecule has 0 spiro atoms. The van der Waals surface area contributed by atoms with Gasteiger partial charge < -0.3 is 11.7 Å². The van der Waals surface area contributed by atoms with Gasteiger partial charge in [0.05, 0.1) is 0 Å². The van der Waals surface area contributed by atoms with Crippen LogP contribution in [0.2, 0.25) is 0 Å². The Labute approximate surface area is 169 Å². The summed E-state index contributed by atoms with van der Waals surface area (Å²) in [6.07, 6.45) is 11.3. The van der Waals surface area contributed by atoms with Gasteiger partial charge in [-0.25, -0.2) is 0 Å². The summed E-state index contributed by atoms with van der Waals surface area (Å²) in [6, 6.07) is 0. The number of amides is 1. The van der Waals surface area contributed by atoms with Crippen molar-refractivity contribution in [1.29, 1.82) is 0 Å². The number of nitrogens with one attached hydrogen (secondary N) is 1. The summed E-state index contributed by atoms with van der Waals surface area (Å²) in [5.74, 6) is -0.0338. The molecule has 0 bridgehead atoms. The minimum absolute atomic E-state index is 0. The smallest absolute Gasteiger partial charge is 0.331 e. The zero-order chi connectivity index (χ0) is 14.0. The Morgan fingerprint density at radius 1 is 1.32 bits per heavy atom.